The Morgan fingerprint density at radius 1 is 1.08 bits per heavy atom. The summed E-state index contributed by atoms with van der Waals surface area (Å²) in [7, 11) is 0. The van der Waals surface area contributed by atoms with Crippen molar-refractivity contribution in [3.8, 4) is 5.75 Å². The molecule has 0 N–H and O–H groups in total. The van der Waals surface area contributed by atoms with Gasteiger partial charge in [-0.2, -0.15) is 0 Å². The van der Waals surface area contributed by atoms with Crippen molar-refractivity contribution in [3.05, 3.63) is 54.4 Å². The van der Waals surface area contributed by atoms with Crippen LogP contribution in [0.25, 0.3) is 0 Å². The van der Waals surface area contributed by atoms with E-state index in [1.807, 2.05) is 35.4 Å². The van der Waals surface area contributed by atoms with Gasteiger partial charge in [0.1, 0.15) is 12.4 Å². The van der Waals surface area contributed by atoms with E-state index in [2.05, 4.69) is 22.0 Å². The molecule has 0 bridgehead atoms. The van der Waals surface area contributed by atoms with E-state index < -0.39 is 0 Å². The van der Waals surface area contributed by atoms with Gasteiger partial charge >= 0.3 is 0 Å². The first kappa shape index (κ1) is 15.0. The predicted octanol–water partition coefficient (Wildman–Crippen LogP) is 1.98. The molecular formula is C19H21N3O2. The van der Waals surface area contributed by atoms with Gasteiger partial charge < -0.3 is 14.5 Å². The fourth-order valence-corrected chi connectivity index (χ4v) is 3.47. The van der Waals surface area contributed by atoms with E-state index >= 15 is 0 Å². The molecule has 1 amide bonds. The third kappa shape index (κ3) is 2.94. The van der Waals surface area contributed by atoms with Crippen LogP contribution in [-0.2, 0) is 11.2 Å². The van der Waals surface area contributed by atoms with E-state index in [4.69, 9.17) is 4.74 Å². The monoisotopic (exact) mass is 323 g/mol. The summed E-state index contributed by atoms with van der Waals surface area (Å²) < 4.78 is 5.77. The third-order valence-electron chi connectivity index (χ3n) is 4.83. The second kappa shape index (κ2) is 6.51. The Balaban J connectivity index is 1.37. The van der Waals surface area contributed by atoms with Gasteiger partial charge in [-0.25, -0.2) is 0 Å². The van der Waals surface area contributed by atoms with Crippen LogP contribution >= 0.6 is 0 Å². The zero-order valence-corrected chi connectivity index (χ0v) is 13.6. The number of carbonyl (C=O) groups excluding carboxylic acids is 1. The maximum atomic E-state index is 12.8. The van der Waals surface area contributed by atoms with Gasteiger partial charge in [0, 0.05) is 32.4 Å². The van der Waals surface area contributed by atoms with Gasteiger partial charge in [-0.1, -0.05) is 18.2 Å². The molecule has 0 aliphatic carbocycles. The molecule has 0 spiro atoms. The number of aromatic nitrogens is 1. The van der Waals surface area contributed by atoms with E-state index in [0.29, 0.717) is 6.61 Å². The summed E-state index contributed by atoms with van der Waals surface area (Å²) in [5.41, 5.74) is 2.26. The SMILES string of the molecule is O=C(C1COc2ccccc2C1)N1CCN(c2cccnc2)CC1. The molecule has 5 nitrogen and oxygen atoms in total. The lowest BCUT2D eigenvalue weighted by atomic mass is 9.95. The molecule has 24 heavy (non-hydrogen) atoms. The van der Waals surface area contributed by atoms with Crippen LogP contribution in [0, 0.1) is 5.92 Å². The highest BCUT2D eigenvalue weighted by molar-refractivity contribution is 5.80. The molecule has 4 rings (SSSR count). The van der Waals surface area contributed by atoms with Crippen LogP contribution in [0.4, 0.5) is 5.69 Å². The quantitative estimate of drug-likeness (QED) is 0.848. The first-order valence-electron chi connectivity index (χ1n) is 8.46. The molecule has 3 heterocycles. The third-order valence-corrected chi connectivity index (χ3v) is 4.83. The minimum absolute atomic E-state index is 0.0650. The highest BCUT2D eigenvalue weighted by atomic mass is 16.5. The Kier molecular flexibility index (Phi) is 4.07. The number of amides is 1. The van der Waals surface area contributed by atoms with Crippen LogP contribution in [0.15, 0.2) is 48.8 Å². The van der Waals surface area contributed by atoms with E-state index in [1.54, 1.807) is 6.20 Å². The van der Waals surface area contributed by atoms with E-state index in [9.17, 15) is 4.79 Å². The normalized spacial score (nSPS) is 20.2. The Hall–Kier alpha value is -2.56. The van der Waals surface area contributed by atoms with E-state index in [0.717, 1.165) is 49.6 Å². The number of carbonyl (C=O) groups is 1. The molecule has 1 saturated heterocycles. The molecule has 124 valence electrons. The summed E-state index contributed by atoms with van der Waals surface area (Å²) in [6.07, 6.45) is 4.44. The number of hydrogen-bond donors (Lipinski definition) is 0. The van der Waals surface area contributed by atoms with Crippen LogP contribution in [0.2, 0.25) is 0 Å². The average Bonchev–Trinajstić information content (AvgIpc) is 2.68. The van der Waals surface area contributed by atoms with Crippen molar-refractivity contribution in [1.29, 1.82) is 0 Å². The lowest BCUT2D eigenvalue weighted by Crippen LogP contribution is -2.51. The fraction of sp³-hybridized carbons (Fsp3) is 0.368. The first-order chi connectivity index (χ1) is 11.8. The average molecular weight is 323 g/mol. The van der Waals surface area contributed by atoms with Crippen molar-refractivity contribution in [2.24, 2.45) is 5.92 Å². The van der Waals surface area contributed by atoms with Gasteiger partial charge in [0.2, 0.25) is 5.91 Å². The highest BCUT2D eigenvalue weighted by Crippen LogP contribution is 2.28. The number of nitrogens with zero attached hydrogens (tertiary/aromatic N) is 3. The first-order valence-corrected chi connectivity index (χ1v) is 8.46. The topological polar surface area (TPSA) is 45.7 Å². The van der Waals surface area contributed by atoms with Crippen molar-refractivity contribution in [1.82, 2.24) is 9.88 Å². The molecule has 0 radical (unpaired) electrons. The molecule has 0 saturated carbocycles. The van der Waals surface area contributed by atoms with Gasteiger partial charge in [0.05, 0.1) is 17.8 Å². The zero-order chi connectivity index (χ0) is 16.4. The molecule has 1 aromatic heterocycles. The molecular weight excluding hydrogens is 302 g/mol. The van der Waals surface area contributed by atoms with Crippen LogP contribution in [0.1, 0.15) is 5.56 Å². The summed E-state index contributed by atoms with van der Waals surface area (Å²) in [6, 6.07) is 12.0. The number of pyridine rings is 1. The minimum Gasteiger partial charge on any atom is -0.492 e. The lowest BCUT2D eigenvalue weighted by Gasteiger charge is -2.38. The summed E-state index contributed by atoms with van der Waals surface area (Å²) >= 11 is 0. The number of para-hydroxylation sites is 1. The maximum absolute atomic E-state index is 12.8. The Bertz CT molecular complexity index is 712. The van der Waals surface area contributed by atoms with Gasteiger partial charge in [0.15, 0.2) is 0 Å². The van der Waals surface area contributed by atoms with E-state index in [1.165, 1.54) is 0 Å². The van der Waals surface area contributed by atoms with Gasteiger partial charge in [0.25, 0.3) is 0 Å². The number of anilines is 1. The second-order valence-corrected chi connectivity index (χ2v) is 6.34. The number of ether oxygens (including phenoxy) is 1. The number of benzene rings is 1. The molecule has 1 atom stereocenters. The largest absolute Gasteiger partial charge is 0.492 e. The van der Waals surface area contributed by atoms with Crippen LogP contribution in [0.5, 0.6) is 5.75 Å². The molecule has 1 unspecified atom stereocenters. The second-order valence-electron chi connectivity index (χ2n) is 6.34. The molecule has 5 heteroatoms. The maximum Gasteiger partial charge on any atom is 0.229 e. The lowest BCUT2D eigenvalue weighted by molar-refractivity contribution is -0.137. The minimum atomic E-state index is -0.0650. The standard InChI is InChI=1S/C19H21N3O2/c23-19(16-12-15-4-1-2-6-18(15)24-14-16)22-10-8-21(9-11-22)17-5-3-7-20-13-17/h1-7,13,16H,8-12,14H2. The zero-order valence-electron chi connectivity index (χ0n) is 13.6. The fourth-order valence-electron chi connectivity index (χ4n) is 3.47. The Morgan fingerprint density at radius 3 is 2.71 bits per heavy atom. The van der Waals surface area contributed by atoms with Crippen molar-refractivity contribution in [2.45, 2.75) is 6.42 Å². The molecule has 2 aliphatic heterocycles. The Labute approximate surface area is 141 Å². The Morgan fingerprint density at radius 2 is 1.92 bits per heavy atom. The number of hydrogen-bond acceptors (Lipinski definition) is 4. The number of piperazine rings is 1. The van der Waals surface area contributed by atoms with Crippen LogP contribution < -0.4 is 9.64 Å². The molecule has 1 fully saturated rings. The van der Waals surface area contributed by atoms with Crippen LogP contribution in [0.3, 0.4) is 0 Å². The van der Waals surface area contributed by atoms with Crippen LogP contribution in [-0.4, -0.2) is 48.6 Å². The summed E-state index contributed by atoms with van der Waals surface area (Å²) in [5, 5.41) is 0. The summed E-state index contributed by atoms with van der Waals surface area (Å²) in [4.78, 5) is 21.3. The predicted molar refractivity (Wildman–Crippen MR) is 92.2 cm³/mol. The summed E-state index contributed by atoms with van der Waals surface area (Å²) in [6.45, 7) is 3.69. The number of fused-ring (bicyclic) bond motifs is 1. The smallest absolute Gasteiger partial charge is 0.229 e. The van der Waals surface area contributed by atoms with Crippen molar-refractivity contribution >= 4 is 11.6 Å². The molecule has 2 aromatic rings. The van der Waals surface area contributed by atoms with Gasteiger partial charge in [-0.3, -0.25) is 9.78 Å². The van der Waals surface area contributed by atoms with Crippen molar-refractivity contribution in [3.63, 3.8) is 0 Å². The van der Waals surface area contributed by atoms with E-state index in [-0.39, 0.29) is 11.8 Å². The van der Waals surface area contributed by atoms with Crippen molar-refractivity contribution in [2.75, 3.05) is 37.7 Å². The molecule has 2 aliphatic rings. The highest BCUT2D eigenvalue weighted by Gasteiger charge is 2.31. The number of rotatable bonds is 2. The van der Waals surface area contributed by atoms with Gasteiger partial charge in [-0.05, 0) is 30.2 Å². The van der Waals surface area contributed by atoms with Gasteiger partial charge in [-0.15, -0.1) is 0 Å². The molecule has 1 aromatic carbocycles. The summed E-state index contributed by atoms with van der Waals surface area (Å²) in [5.74, 6) is 1.07. The van der Waals surface area contributed by atoms with Crippen molar-refractivity contribution < 1.29 is 9.53 Å².